The van der Waals surface area contributed by atoms with Crippen LogP contribution < -0.4 is 15.4 Å². The summed E-state index contributed by atoms with van der Waals surface area (Å²) >= 11 is 1.64. The second-order valence-electron chi connectivity index (χ2n) is 8.26. The van der Waals surface area contributed by atoms with Gasteiger partial charge >= 0.3 is 0 Å². The van der Waals surface area contributed by atoms with Gasteiger partial charge in [-0.15, -0.1) is 5.10 Å². The van der Waals surface area contributed by atoms with Crippen LogP contribution in [0, 0.1) is 6.92 Å². The Morgan fingerprint density at radius 2 is 1.97 bits per heavy atom. The molecule has 0 saturated heterocycles. The summed E-state index contributed by atoms with van der Waals surface area (Å²) in [6.45, 7) is 8.62. The Morgan fingerprint density at radius 3 is 2.71 bits per heavy atom. The number of benzene rings is 2. The number of carbonyl (C=O) groups excluding carboxylic acids is 1. The van der Waals surface area contributed by atoms with Gasteiger partial charge in [-0.2, -0.15) is 4.98 Å². The number of carbonyl (C=O) groups is 1. The number of fused-ring (bicyclic) bond motifs is 1. The van der Waals surface area contributed by atoms with E-state index in [9.17, 15) is 4.79 Å². The van der Waals surface area contributed by atoms with E-state index in [1.54, 1.807) is 11.8 Å². The zero-order valence-electron chi connectivity index (χ0n) is 20.1. The molecule has 1 aliphatic rings. The number of rotatable bonds is 9. The Kier molecular flexibility index (Phi) is 7.57. The van der Waals surface area contributed by atoms with Crippen molar-refractivity contribution in [1.82, 2.24) is 14.8 Å². The second kappa shape index (κ2) is 10.8. The summed E-state index contributed by atoms with van der Waals surface area (Å²) in [6.07, 6.45) is 2.22. The van der Waals surface area contributed by atoms with Crippen LogP contribution in [0.1, 0.15) is 50.8 Å². The van der Waals surface area contributed by atoms with Crippen LogP contribution in [-0.4, -0.2) is 33.0 Å². The molecule has 2 aromatic carbocycles. The summed E-state index contributed by atoms with van der Waals surface area (Å²) in [6, 6.07) is 15.2. The number of hydrogen-bond donors (Lipinski definition) is 2. The molecule has 0 spiro atoms. The van der Waals surface area contributed by atoms with Gasteiger partial charge in [0.05, 0.1) is 12.2 Å². The topological polar surface area (TPSA) is 81.1 Å². The van der Waals surface area contributed by atoms with E-state index < -0.39 is 6.04 Å². The van der Waals surface area contributed by atoms with E-state index in [2.05, 4.69) is 17.6 Å². The first kappa shape index (κ1) is 23.9. The van der Waals surface area contributed by atoms with Crippen molar-refractivity contribution in [3.05, 3.63) is 70.9 Å². The number of ether oxygens (including phenoxy) is 1. The van der Waals surface area contributed by atoms with Gasteiger partial charge in [0.25, 0.3) is 5.91 Å². The predicted octanol–water partition coefficient (Wildman–Crippen LogP) is 5.81. The van der Waals surface area contributed by atoms with E-state index in [1.165, 1.54) is 0 Å². The Bertz CT molecular complexity index is 1190. The molecular weight excluding hydrogens is 446 g/mol. The lowest BCUT2D eigenvalue weighted by Gasteiger charge is -2.29. The van der Waals surface area contributed by atoms with Crippen LogP contribution in [0.5, 0.6) is 5.75 Å². The first-order valence-electron chi connectivity index (χ1n) is 11.7. The molecule has 3 aromatic rings. The van der Waals surface area contributed by atoms with Gasteiger partial charge in [0.1, 0.15) is 11.8 Å². The SMILES string of the molecule is CCCCSc1nc2n(n1)C(c1cccc(OCC)c1)C(C(=O)Nc1ccc(C)cc1)=C(C)N2. The molecule has 2 N–H and O–H groups in total. The zero-order chi connectivity index (χ0) is 24.1. The van der Waals surface area contributed by atoms with E-state index in [0.29, 0.717) is 23.3 Å². The van der Waals surface area contributed by atoms with Gasteiger partial charge in [-0.25, -0.2) is 4.68 Å². The third-order valence-electron chi connectivity index (χ3n) is 5.60. The molecule has 0 bridgehead atoms. The van der Waals surface area contributed by atoms with Gasteiger partial charge in [-0.1, -0.05) is 54.9 Å². The Morgan fingerprint density at radius 1 is 1.18 bits per heavy atom. The monoisotopic (exact) mass is 477 g/mol. The lowest BCUT2D eigenvalue weighted by atomic mass is 9.95. The van der Waals surface area contributed by atoms with Crippen LogP contribution in [0.3, 0.4) is 0 Å². The highest BCUT2D eigenvalue weighted by atomic mass is 32.2. The van der Waals surface area contributed by atoms with Crippen LogP contribution in [0.15, 0.2) is 65.0 Å². The lowest BCUT2D eigenvalue weighted by molar-refractivity contribution is -0.113. The molecule has 0 radical (unpaired) electrons. The van der Waals surface area contributed by atoms with Crippen molar-refractivity contribution in [2.24, 2.45) is 0 Å². The van der Waals surface area contributed by atoms with Gasteiger partial charge < -0.3 is 15.4 Å². The van der Waals surface area contributed by atoms with Crippen molar-refractivity contribution in [1.29, 1.82) is 0 Å². The molecular formula is C26H31N5O2S. The minimum absolute atomic E-state index is 0.179. The summed E-state index contributed by atoms with van der Waals surface area (Å²) in [5.41, 5.74) is 4.15. The highest BCUT2D eigenvalue weighted by Crippen LogP contribution is 2.37. The minimum atomic E-state index is -0.435. The Hall–Kier alpha value is -3.26. The average molecular weight is 478 g/mol. The number of amides is 1. The van der Waals surface area contributed by atoms with Gasteiger partial charge in [0, 0.05) is 17.1 Å². The fraction of sp³-hybridized carbons (Fsp3) is 0.346. The maximum Gasteiger partial charge on any atom is 0.255 e. The van der Waals surface area contributed by atoms with Crippen molar-refractivity contribution < 1.29 is 9.53 Å². The molecule has 7 nitrogen and oxygen atoms in total. The van der Waals surface area contributed by atoms with Crippen molar-refractivity contribution in [2.75, 3.05) is 23.0 Å². The lowest BCUT2D eigenvalue weighted by Crippen LogP contribution is -2.31. The van der Waals surface area contributed by atoms with Crippen molar-refractivity contribution in [3.8, 4) is 5.75 Å². The molecule has 2 heterocycles. The second-order valence-corrected chi connectivity index (χ2v) is 9.32. The first-order chi connectivity index (χ1) is 16.5. The van der Waals surface area contributed by atoms with Crippen molar-refractivity contribution in [3.63, 3.8) is 0 Å². The van der Waals surface area contributed by atoms with Gasteiger partial charge in [0.2, 0.25) is 11.1 Å². The Balaban J connectivity index is 1.73. The number of anilines is 2. The minimum Gasteiger partial charge on any atom is -0.494 e. The number of unbranched alkanes of at least 4 members (excludes halogenated alkanes) is 1. The average Bonchev–Trinajstić information content (AvgIpc) is 3.22. The molecule has 8 heteroatoms. The molecule has 34 heavy (non-hydrogen) atoms. The Labute approximate surface area is 205 Å². The van der Waals surface area contributed by atoms with Gasteiger partial charge in [-0.05, 0) is 57.0 Å². The van der Waals surface area contributed by atoms with Crippen molar-refractivity contribution >= 4 is 29.3 Å². The number of nitrogens with one attached hydrogen (secondary N) is 2. The first-order valence-corrected chi connectivity index (χ1v) is 12.7. The van der Waals surface area contributed by atoms with Crippen LogP contribution >= 0.6 is 11.8 Å². The molecule has 178 valence electrons. The van der Waals surface area contributed by atoms with Crippen LogP contribution in [0.25, 0.3) is 0 Å². The predicted molar refractivity (Wildman–Crippen MR) is 138 cm³/mol. The van der Waals surface area contributed by atoms with E-state index >= 15 is 0 Å². The zero-order valence-corrected chi connectivity index (χ0v) is 20.9. The molecule has 1 aliphatic heterocycles. The number of aromatic nitrogens is 3. The maximum atomic E-state index is 13.6. The highest BCUT2D eigenvalue weighted by Gasteiger charge is 2.34. The highest BCUT2D eigenvalue weighted by molar-refractivity contribution is 7.99. The number of nitrogens with zero attached hydrogens (tertiary/aromatic N) is 3. The van der Waals surface area contributed by atoms with Crippen LogP contribution in [0.4, 0.5) is 11.6 Å². The fourth-order valence-corrected chi connectivity index (χ4v) is 4.79. The maximum absolute atomic E-state index is 13.6. The summed E-state index contributed by atoms with van der Waals surface area (Å²) in [5, 5.41) is 11.8. The summed E-state index contributed by atoms with van der Waals surface area (Å²) < 4.78 is 7.56. The van der Waals surface area contributed by atoms with Crippen LogP contribution in [0.2, 0.25) is 0 Å². The van der Waals surface area contributed by atoms with E-state index in [1.807, 2.05) is 74.0 Å². The standard InChI is InChI=1S/C26H31N5O2S/c1-5-7-15-34-26-29-25-27-18(4)22(24(32)28-20-13-11-17(3)12-14-20)23(31(25)30-26)19-9-8-10-21(16-19)33-6-2/h8-14,16,23H,5-7,15H2,1-4H3,(H,28,32)(H,27,29,30). The van der Waals surface area contributed by atoms with Crippen LogP contribution in [-0.2, 0) is 4.79 Å². The normalized spacial score (nSPS) is 15.0. The molecule has 1 atom stereocenters. The molecule has 1 aromatic heterocycles. The molecule has 1 amide bonds. The quantitative estimate of drug-likeness (QED) is 0.299. The molecule has 1 unspecified atom stereocenters. The third-order valence-corrected chi connectivity index (χ3v) is 6.53. The molecule has 4 rings (SSSR count). The summed E-state index contributed by atoms with van der Waals surface area (Å²) in [4.78, 5) is 18.3. The number of allylic oxidation sites excluding steroid dienone is 1. The largest absolute Gasteiger partial charge is 0.494 e. The molecule has 0 saturated carbocycles. The fourth-order valence-electron chi connectivity index (χ4n) is 3.88. The van der Waals surface area contributed by atoms with E-state index in [0.717, 1.165) is 46.9 Å². The van der Waals surface area contributed by atoms with E-state index in [-0.39, 0.29) is 5.91 Å². The number of thioether (sulfide) groups is 1. The third kappa shape index (κ3) is 5.28. The van der Waals surface area contributed by atoms with Crippen molar-refractivity contribution in [2.45, 2.75) is 51.7 Å². The number of hydrogen-bond acceptors (Lipinski definition) is 6. The number of aryl methyl sites for hydroxylation is 1. The van der Waals surface area contributed by atoms with Gasteiger partial charge in [-0.3, -0.25) is 4.79 Å². The van der Waals surface area contributed by atoms with E-state index in [4.69, 9.17) is 14.8 Å². The van der Waals surface area contributed by atoms with Gasteiger partial charge in [0.15, 0.2) is 0 Å². The molecule has 0 fully saturated rings. The smallest absolute Gasteiger partial charge is 0.255 e. The summed E-state index contributed by atoms with van der Waals surface area (Å²) in [5.74, 6) is 2.17. The molecule has 0 aliphatic carbocycles. The summed E-state index contributed by atoms with van der Waals surface area (Å²) in [7, 11) is 0.